The first-order valence-corrected chi connectivity index (χ1v) is 14.2. The number of halogens is 1. The maximum Gasteiger partial charge on any atom is 0.407 e. The Morgan fingerprint density at radius 1 is 1.05 bits per heavy atom. The third-order valence-electron chi connectivity index (χ3n) is 8.00. The van der Waals surface area contributed by atoms with Gasteiger partial charge in [-0.25, -0.2) is 9.18 Å². The van der Waals surface area contributed by atoms with Crippen molar-refractivity contribution < 1.29 is 23.5 Å². The van der Waals surface area contributed by atoms with Crippen LogP contribution in [0.15, 0.2) is 18.2 Å². The van der Waals surface area contributed by atoms with E-state index in [0.29, 0.717) is 29.6 Å². The molecule has 3 fully saturated rings. The molecule has 1 aromatic carbocycles. The lowest BCUT2D eigenvalue weighted by Gasteiger charge is -2.35. The van der Waals surface area contributed by atoms with Crippen molar-refractivity contribution in [2.45, 2.75) is 102 Å². The molecule has 3 aliphatic rings. The Morgan fingerprint density at radius 2 is 1.74 bits per heavy atom. The van der Waals surface area contributed by atoms with Gasteiger partial charge in [-0.15, -0.1) is 0 Å². The summed E-state index contributed by atoms with van der Waals surface area (Å²) in [6, 6.07) is 5.74. The van der Waals surface area contributed by atoms with Gasteiger partial charge >= 0.3 is 6.09 Å². The molecule has 0 bridgehead atoms. The molecule has 2 saturated heterocycles. The molecular weight excluding hydrogens is 487 g/mol. The molecule has 0 aromatic heterocycles. The van der Waals surface area contributed by atoms with Crippen LogP contribution in [0.3, 0.4) is 0 Å². The van der Waals surface area contributed by atoms with Crippen molar-refractivity contribution in [2.75, 3.05) is 24.5 Å². The summed E-state index contributed by atoms with van der Waals surface area (Å²) in [5.41, 5.74) is 0.747. The van der Waals surface area contributed by atoms with Gasteiger partial charge in [-0.2, -0.15) is 0 Å². The summed E-state index contributed by atoms with van der Waals surface area (Å²) in [4.78, 5) is 37.6. The smallest absolute Gasteiger partial charge is 0.407 e. The Hall–Kier alpha value is -2.68. The summed E-state index contributed by atoms with van der Waals surface area (Å²) < 4.78 is 20.4. The number of amides is 3. The molecule has 8 nitrogen and oxygen atoms in total. The largest absolute Gasteiger partial charge is 0.444 e. The lowest BCUT2D eigenvalue weighted by molar-refractivity contribution is -0.134. The second-order valence-corrected chi connectivity index (χ2v) is 12.1. The topological polar surface area (TPSA) is 99.8 Å². The Labute approximate surface area is 225 Å². The monoisotopic (exact) mass is 530 g/mol. The van der Waals surface area contributed by atoms with Crippen molar-refractivity contribution in [3.05, 3.63) is 29.6 Å². The number of nitrogens with zero attached hydrogens (tertiary/aromatic N) is 1. The number of hydrogen-bond donors (Lipinski definition) is 3. The highest BCUT2D eigenvalue weighted by molar-refractivity contribution is 6.00. The van der Waals surface area contributed by atoms with Crippen molar-refractivity contribution in [2.24, 2.45) is 5.92 Å². The Balaban J connectivity index is 1.14. The maximum atomic E-state index is 15.0. The lowest BCUT2D eigenvalue weighted by atomic mass is 9.89. The molecule has 2 aliphatic heterocycles. The molecule has 210 valence electrons. The predicted molar refractivity (Wildman–Crippen MR) is 144 cm³/mol. The molecule has 3 amide bonds. The molecule has 2 heterocycles. The number of piperidine rings is 2. The van der Waals surface area contributed by atoms with Crippen molar-refractivity contribution in [1.29, 1.82) is 0 Å². The Morgan fingerprint density at radius 3 is 2.37 bits per heavy atom. The van der Waals surface area contributed by atoms with Crippen molar-refractivity contribution in [1.82, 2.24) is 16.0 Å². The van der Waals surface area contributed by atoms with Gasteiger partial charge in [-0.3, -0.25) is 14.9 Å². The third-order valence-corrected chi connectivity index (χ3v) is 8.00. The summed E-state index contributed by atoms with van der Waals surface area (Å²) in [6.45, 7) is 8.24. The molecule has 38 heavy (non-hydrogen) atoms. The van der Waals surface area contributed by atoms with E-state index in [9.17, 15) is 18.8 Å². The second-order valence-electron chi connectivity index (χ2n) is 12.1. The number of ether oxygens (including phenoxy) is 1. The van der Waals surface area contributed by atoms with Gasteiger partial charge in [-0.1, -0.05) is 6.07 Å². The number of rotatable bonds is 7. The molecule has 1 aliphatic carbocycles. The van der Waals surface area contributed by atoms with E-state index in [1.165, 1.54) is 6.07 Å². The van der Waals surface area contributed by atoms with E-state index < -0.39 is 11.5 Å². The van der Waals surface area contributed by atoms with Crippen LogP contribution in [0.1, 0.15) is 90.0 Å². The van der Waals surface area contributed by atoms with E-state index in [-0.39, 0.29) is 36.2 Å². The SMILES string of the molecule is CC(C)(C)OC(=O)NC1CCC(NCCC2CCN(c3ccc(C4CCC(=O)NC4=O)cc3F)CC2)CC1. The predicted octanol–water partition coefficient (Wildman–Crippen LogP) is 4.38. The quantitative estimate of drug-likeness (QED) is 0.453. The average Bonchev–Trinajstić information content (AvgIpc) is 2.84. The van der Waals surface area contributed by atoms with Gasteiger partial charge in [0.05, 0.1) is 11.6 Å². The number of carbonyl (C=O) groups is 3. The summed E-state index contributed by atoms with van der Waals surface area (Å²) in [6.07, 6.45) is 7.57. The van der Waals surface area contributed by atoms with Gasteiger partial charge < -0.3 is 20.3 Å². The van der Waals surface area contributed by atoms with E-state index in [1.54, 1.807) is 6.07 Å². The molecule has 1 saturated carbocycles. The zero-order valence-corrected chi connectivity index (χ0v) is 23.0. The van der Waals surface area contributed by atoms with Gasteiger partial charge in [0.15, 0.2) is 0 Å². The molecule has 1 unspecified atom stereocenters. The summed E-state index contributed by atoms with van der Waals surface area (Å²) in [5.74, 6) is -0.751. The number of hydrogen-bond acceptors (Lipinski definition) is 6. The minimum Gasteiger partial charge on any atom is -0.444 e. The van der Waals surface area contributed by atoms with Gasteiger partial charge in [0, 0.05) is 31.6 Å². The van der Waals surface area contributed by atoms with Crippen molar-refractivity contribution in [3.63, 3.8) is 0 Å². The van der Waals surface area contributed by atoms with Gasteiger partial charge in [-0.05, 0) is 102 Å². The molecule has 3 N–H and O–H groups in total. The fourth-order valence-corrected chi connectivity index (χ4v) is 5.88. The average molecular weight is 531 g/mol. The van der Waals surface area contributed by atoms with Gasteiger partial charge in [0.2, 0.25) is 11.8 Å². The van der Waals surface area contributed by atoms with Crippen LogP contribution in [0.5, 0.6) is 0 Å². The molecule has 9 heteroatoms. The van der Waals surface area contributed by atoms with Crippen LogP contribution in [0.2, 0.25) is 0 Å². The molecular formula is C29H43FN4O4. The van der Waals surface area contributed by atoms with Gasteiger partial charge in [0.25, 0.3) is 0 Å². The van der Waals surface area contributed by atoms with E-state index in [4.69, 9.17) is 4.74 Å². The molecule has 0 radical (unpaired) electrons. The van der Waals surface area contributed by atoms with Crippen LogP contribution >= 0.6 is 0 Å². The highest BCUT2D eigenvalue weighted by atomic mass is 19.1. The zero-order valence-electron chi connectivity index (χ0n) is 23.0. The minimum atomic E-state index is -0.477. The highest BCUT2D eigenvalue weighted by Crippen LogP contribution is 2.31. The number of benzene rings is 1. The fourth-order valence-electron chi connectivity index (χ4n) is 5.88. The zero-order chi connectivity index (χ0) is 27.3. The van der Waals surface area contributed by atoms with Crippen LogP contribution in [-0.4, -0.2) is 55.2 Å². The highest BCUT2D eigenvalue weighted by Gasteiger charge is 2.29. The minimum absolute atomic E-state index is 0.186. The van der Waals surface area contributed by atoms with E-state index >= 15 is 0 Å². The van der Waals surface area contributed by atoms with E-state index in [0.717, 1.165) is 64.6 Å². The lowest BCUT2D eigenvalue weighted by Crippen LogP contribution is -2.44. The summed E-state index contributed by atoms with van der Waals surface area (Å²) in [7, 11) is 0. The number of imide groups is 1. The Kier molecular flexibility index (Phi) is 9.28. The number of anilines is 1. The fraction of sp³-hybridized carbons (Fsp3) is 0.690. The molecule has 1 atom stereocenters. The summed E-state index contributed by atoms with van der Waals surface area (Å²) >= 11 is 0. The first kappa shape index (κ1) is 28.3. The normalized spacial score (nSPS) is 25.2. The third kappa shape index (κ3) is 7.91. The van der Waals surface area contributed by atoms with Gasteiger partial charge in [0.1, 0.15) is 11.4 Å². The van der Waals surface area contributed by atoms with E-state index in [1.807, 2.05) is 26.8 Å². The van der Waals surface area contributed by atoms with Crippen LogP contribution in [0.4, 0.5) is 14.9 Å². The molecule has 4 rings (SSSR count). The van der Waals surface area contributed by atoms with Crippen molar-refractivity contribution in [3.8, 4) is 0 Å². The standard InChI is InChI=1S/C29H43FN4O4/c1-29(2,3)38-28(37)32-22-7-5-21(6-8-22)31-15-12-19-13-16-34(17-14-19)25-10-4-20(18-24(25)30)23-9-11-26(35)33-27(23)36/h4,10,18-19,21-23,31H,5-9,11-17H2,1-3H3,(H,32,37)(H,33,35,36). The first-order valence-electron chi connectivity index (χ1n) is 14.2. The first-order chi connectivity index (χ1) is 18.1. The van der Waals surface area contributed by atoms with Crippen LogP contribution in [0, 0.1) is 11.7 Å². The van der Waals surface area contributed by atoms with Crippen LogP contribution in [0.25, 0.3) is 0 Å². The molecule has 0 spiro atoms. The second kappa shape index (κ2) is 12.5. The number of alkyl carbamates (subject to hydrolysis) is 1. The van der Waals surface area contributed by atoms with E-state index in [2.05, 4.69) is 20.9 Å². The van der Waals surface area contributed by atoms with Crippen molar-refractivity contribution >= 4 is 23.6 Å². The molecule has 1 aromatic rings. The van der Waals surface area contributed by atoms with Crippen LogP contribution in [-0.2, 0) is 14.3 Å². The summed E-state index contributed by atoms with van der Waals surface area (Å²) in [5, 5.41) is 9.05. The number of carbonyl (C=O) groups excluding carboxylic acids is 3. The van der Waals surface area contributed by atoms with Crippen LogP contribution < -0.4 is 20.9 Å². The number of nitrogens with one attached hydrogen (secondary N) is 3. The Bertz CT molecular complexity index is 995. The maximum absolute atomic E-state index is 15.0.